The van der Waals surface area contributed by atoms with Crippen LogP contribution in [-0.2, 0) is 19.4 Å². The standard InChI is InChI=1S/C11H21NO5S/c1-9(2)18(15,16)6-4-12-3-5-17-8-10(12)7-11(13)14/h9-10H,3-8H2,1-2H3,(H,13,14). The third-order valence-corrected chi connectivity index (χ3v) is 5.33. The lowest BCUT2D eigenvalue weighted by atomic mass is 10.1. The number of carbonyl (C=O) groups is 1. The summed E-state index contributed by atoms with van der Waals surface area (Å²) in [7, 11) is -3.08. The van der Waals surface area contributed by atoms with Gasteiger partial charge in [0.1, 0.15) is 0 Å². The van der Waals surface area contributed by atoms with Crippen LogP contribution in [0.3, 0.4) is 0 Å². The summed E-state index contributed by atoms with van der Waals surface area (Å²) in [6.45, 7) is 5.16. The van der Waals surface area contributed by atoms with Crippen molar-refractivity contribution in [3.05, 3.63) is 0 Å². The van der Waals surface area contributed by atoms with Gasteiger partial charge < -0.3 is 9.84 Å². The molecular formula is C11H21NO5S. The second-order valence-corrected chi connectivity index (χ2v) is 7.46. The summed E-state index contributed by atoms with van der Waals surface area (Å²) in [5.41, 5.74) is 0. The van der Waals surface area contributed by atoms with Crippen molar-refractivity contribution in [1.82, 2.24) is 4.90 Å². The highest BCUT2D eigenvalue weighted by Crippen LogP contribution is 2.12. The maximum Gasteiger partial charge on any atom is 0.305 e. The molecule has 1 atom stereocenters. The van der Waals surface area contributed by atoms with Gasteiger partial charge >= 0.3 is 5.97 Å². The Balaban J connectivity index is 2.55. The van der Waals surface area contributed by atoms with E-state index in [1.54, 1.807) is 13.8 Å². The first-order valence-electron chi connectivity index (χ1n) is 6.08. The van der Waals surface area contributed by atoms with Crippen LogP contribution in [0.1, 0.15) is 20.3 Å². The average Bonchev–Trinajstić information content (AvgIpc) is 2.27. The van der Waals surface area contributed by atoms with E-state index in [1.165, 1.54) is 0 Å². The van der Waals surface area contributed by atoms with Gasteiger partial charge in [0.05, 0.1) is 30.6 Å². The lowest BCUT2D eigenvalue weighted by Crippen LogP contribution is -2.48. The van der Waals surface area contributed by atoms with Gasteiger partial charge in [0.15, 0.2) is 9.84 Å². The van der Waals surface area contributed by atoms with Gasteiger partial charge in [0.2, 0.25) is 0 Å². The van der Waals surface area contributed by atoms with Crippen LogP contribution >= 0.6 is 0 Å². The zero-order valence-electron chi connectivity index (χ0n) is 10.8. The van der Waals surface area contributed by atoms with Gasteiger partial charge in [-0.1, -0.05) is 0 Å². The number of morpholine rings is 1. The van der Waals surface area contributed by atoms with E-state index in [-0.39, 0.29) is 18.2 Å². The molecule has 0 aliphatic carbocycles. The van der Waals surface area contributed by atoms with Crippen molar-refractivity contribution in [1.29, 1.82) is 0 Å². The molecule has 1 saturated heterocycles. The minimum absolute atomic E-state index is 0.0122. The summed E-state index contributed by atoms with van der Waals surface area (Å²) >= 11 is 0. The topological polar surface area (TPSA) is 83.9 Å². The first-order chi connectivity index (χ1) is 8.33. The molecule has 0 aromatic rings. The predicted molar refractivity (Wildman–Crippen MR) is 67.4 cm³/mol. The number of nitrogens with zero attached hydrogens (tertiary/aromatic N) is 1. The van der Waals surface area contributed by atoms with Crippen molar-refractivity contribution in [2.45, 2.75) is 31.6 Å². The molecule has 0 aromatic carbocycles. The van der Waals surface area contributed by atoms with Crippen molar-refractivity contribution in [3.8, 4) is 0 Å². The van der Waals surface area contributed by atoms with E-state index in [0.717, 1.165) is 0 Å². The molecule has 7 heteroatoms. The number of hydrogen-bond acceptors (Lipinski definition) is 5. The average molecular weight is 279 g/mol. The zero-order chi connectivity index (χ0) is 13.8. The molecule has 1 aliphatic heterocycles. The highest BCUT2D eigenvalue weighted by Gasteiger charge is 2.27. The van der Waals surface area contributed by atoms with E-state index < -0.39 is 21.1 Å². The minimum atomic E-state index is -3.08. The van der Waals surface area contributed by atoms with Crippen LogP contribution in [-0.4, -0.2) is 67.7 Å². The van der Waals surface area contributed by atoms with Crippen molar-refractivity contribution in [2.24, 2.45) is 0 Å². The molecule has 1 heterocycles. The molecule has 1 rings (SSSR count). The highest BCUT2D eigenvalue weighted by molar-refractivity contribution is 7.92. The first-order valence-corrected chi connectivity index (χ1v) is 7.79. The van der Waals surface area contributed by atoms with Crippen molar-refractivity contribution < 1.29 is 23.1 Å². The Morgan fingerprint density at radius 3 is 2.72 bits per heavy atom. The van der Waals surface area contributed by atoms with Crippen molar-refractivity contribution in [3.63, 3.8) is 0 Å². The summed E-state index contributed by atoms with van der Waals surface area (Å²) in [5, 5.41) is 8.41. The molecule has 0 spiro atoms. The van der Waals surface area contributed by atoms with Gasteiger partial charge in [-0.2, -0.15) is 0 Å². The fourth-order valence-electron chi connectivity index (χ4n) is 1.85. The second-order valence-electron chi connectivity index (χ2n) is 4.78. The monoisotopic (exact) mass is 279 g/mol. The van der Waals surface area contributed by atoms with Crippen molar-refractivity contribution in [2.75, 3.05) is 32.1 Å². The molecule has 18 heavy (non-hydrogen) atoms. The number of carboxylic acid groups (broad SMARTS) is 1. The third kappa shape index (κ3) is 4.55. The molecule has 6 nitrogen and oxygen atoms in total. The van der Waals surface area contributed by atoms with Gasteiger partial charge in [-0.3, -0.25) is 9.69 Å². The molecule has 1 N–H and O–H groups in total. The lowest BCUT2D eigenvalue weighted by molar-refractivity contribution is -0.140. The van der Waals surface area contributed by atoms with Crippen LogP contribution < -0.4 is 0 Å². The third-order valence-electron chi connectivity index (χ3n) is 3.14. The summed E-state index contributed by atoms with van der Waals surface area (Å²) in [6, 6.07) is -0.224. The van der Waals surface area contributed by atoms with Gasteiger partial charge in [0, 0.05) is 19.1 Å². The van der Waals surface area contributed by atoms with E-state index in [2.05, 4.69) is 0 Å². The Morgan fingerprint density at radius 2 is 2.17 bits per heavy atom. The number of hydrogen-bond donors (Lipinski definition) is 1. The summed E-state index contributed by atoms with van der Waals surface area (Å²) < 4.78 is 28.7. The highest BCUT2D eigenvalue weighted by atomic mass is 32.2. The van der Waals surface area contributed by atoms with Crippen LogP contribution in [0.4, 0.5) is 0 Å². The Morgan fingerprint density at radius 1 is 1.50 bits per heavy atom. The van der Waals surface area contributed by atoms with Crippen LogP contribution in [0.25, 0.3) is 0 Å². The van der Waals surface area contributed by atoms with Crippen molar-refractivity contribution >= 4 is 15.8 Å². The SMILES string of the molecule is CC(C)S(=O)(=O)CCN1CCOCC1CC(=O)O. The fourth-order valence-corrected chi connectivity index (χ4v) is 2.81. The van der Waals surface area contributed by atoms with E-state index in [9.17, 15) is 13.2 Å². The molecule has 1 aliphatic rings. The van der Waals surface area contributed by atoms with E-state index in [0.29, 0.717) is 26.3 Å². The van der Waals surface area contributed by atoms with Crippen LogP contribution in [0, 0.1) is 0 Å². The maximum absolute atomic E-state index is 11.7. The molecule has 1 fully saturated rings. The normalized spacial score (nSPS) is 22.3. The summed E-state index contributed by atoms with van der Waals surface area (Å²) in [6.07, 6.45) is -0.0122. The van der Waals surface area contributed by atoms with Gasteiger partial charge in [-0.25, -0.2) is 8.42 Å². The van der Waals surface area contributed by atoms with Gasteiger partial charge in [-0.05, 0) is 13.8 Å². The number of aliphatic carboxylic acids is 1. The number of sulfone groups is 1. The lowest BCUT2D eigenvalue weighted by Gasteiger charge is -2.34. The van der Waals surface area contributed by atoms with E-state index in [1.807, 2.05) is 4.90 Å². The summed E-state index contributed by atoms with van der Waals surface area (Å²) in [5.74, 6) is -0.817. The smallest absolute Gasteiger partial charge is 0.305 e. The Hall–Kier alpha value is -0.660. The number of rotatable bonds is 6. The minimum Gasteiger partial charge on any atom is -0.481 e. The molecule has 1 unspecified atom stereocenters. The van der Waals surface area contributed by atoms with E-state index in [4.69, 9.17) is 9.84 Å². The first kappa shape index (κ1) is 15.4. The Kier molecular flexibility index (Phi) is 5.55. The fraction of sp³-hybridized carbons (Fsp3) is 0.909. The zero-order valence-corrected chi connectivity index (χ0v) is 11.6. The number of carboxylic acids is 1. The Bertz CT molecular complexity index is 379. The molecule has 0 amide bonds. The molecule has 0 saturated carbocycles. The second kappa shape index (κ2) is 6.49. The quantitative estimate of drug-likeness (QED) is 0.736. The summed E-state index contributed by atoms with van der Waals surface area (Å²) in [4.78, 5) is 12.6. The van der Waals surface area contributed by atoms with Crippen LogP contribution in [0.5, 0.6) is 0 Å². The predicted octanol–water partition coefficient (Wildman–Crippen LogP) is -0.0149. The van der Waals surface area contributed by atoms with E-state index >= 15 is 0 Å². The maximum atomic E-state index is 11.7. The van der Waals surface area contributed by atoms with Gasteiger partial charge in [0.25, 0.3) is 0 Å². The molecular weight excluding hydrogens is 258 g/mol. The van der Waals surface area contributed by atoms with Gasteiger partial charge in [-0.15, -0.1) is 0 Å². The molecule has 0 radical (unpaired) electrons. The van der Waals surface area contributed by atoms with Crippen LogP contribution in [0.15, 0.2) is 0 Å². The largest absolute Gasteiger partial charge is 0.481 e. The molecule has 0 bridgehead atoms. The van der Waals surface area contributed by atoms with Crippen LogP contribution in [0.2, 0.25) is 0 Å². The number of ether oxygens (including phenoxy) is 1. The Labute approximate surface area is 108 Å². The molecule has 106 valence electrons. The molecule has 0 aromatic heterocycles.